The molecule has 0 bridgehead atoms. The average molecular weight is 723 g/mol. The number of alkyl carbamates (subject to hydrolysis) is 1. The maximum Gasteiger partial charge on any atom is 1.00 e. The summed E-state index contributed by atoms with van der Waals surface area (Å²) in [6, 6.07) is -0.190. The number of nitrogens with zero attached hydrogens (tertiary/aromatic N) is 4. The smallest absolute Gasteiger partial charge is 0.870 e. The van der Waals surface area contributed by atoms with Gasteiger partial charge >= 0.3 is 75.4 Å². The van der Waals surface area contributed by atoms with E-state index in [0.29, 0.717) is 6.61 Å². The van der Waals surface area contributed by atoms with Crippen molar-refractivity contribution in [1.29, 1.82) is 0 Å². The van der Waals surface area contributed by atoms with E-state index < -0.39 is 35.2 Å². The Morgan fingerprint density at radius 2 is 1.33 bits per heavy atom. The van der Waals surface area contributed by atoms with E-state index in [1.165, 1.54) is 35.0 Å². The normalized spacial score (nSPS) is 9.71. The number of ketones is 2. The third kappa shape index (κ3) is 34.1. The van der Waals surface area contributed by atoms with Crippen molar-refractivity contribution < 1.29 is 115 Å². The Labute approximate surface area is 327 Å². The summed E-state index contributed by atoms with van der Waals surface area (Å²) >= 11 is 0. The number of imidazole rings is 2. The molecular formula is C30H45KN5O13-. The SMILES string of the molecule is CC(=O)CC(=O)CNC(=O)OC(C)(C)C.CC(C)(C)OC(=O)CCC(=O)O.CCOC(=O)C[C-]=O.O=C(n1ccnc1)n1ccnc1.[K+].[OH-]. The van der Waals surface area contributed by atoms with Crippen molar-refractivity contribution in [2.45, 2.75) is 92.3 Å². The Bertz CT molecular complexity index is 1250. The van der Waals surface area contributed by atoms with Gasteiger partial charge in [-0.3, -0.25) is 39.4 Å². The molecule has 0 aliphatic carbocycles. The third-order valence-electron chi connectivity index (χ3n) is 4.21. The molecule has 2 heterocycles. The van der Waals surface area contributed by atoms with Crippen LogP contribution >= 0.6 is 0 Å². The molecule has 0 aliphatic heterocycles. The van der Waals surface area contributed by atoms with Crippen LogP contribution in [0.25, 0.3) is 0 Å². The van der Waals surface area contributed by atoms with Crippen LogP contribution < -0.4 is 56.7 Å². The van der Waals surface area contributed by atoms with E-state index in [1.807, 2.05) is 0 Å². The minimum atomic E-state index is -0.985. The van der Waals surface area contributed by atoms with E-state index in [-0.39, 0.29) is 107 Å². The maximum absolute atomic E-state index is 11.4. The van der Waals surface area contributed by atoms with Crippen molar-refractivity contribution in [2.24, 2.45) is 0 Å². The fourth-order valence-electron chi connectivity index (χ4n) is 2.58. The van der Waals surface area contributed by atoms with Gasteiger partial charge in [0.25, 0.3) is 5.97 Å². The Kier molecular flexibility index (Phi) is 30.1. The monoisotopic (exact) mass is 722 g/mol. The van der Waals surface area contributed by atoms with Crippen molar-refractivity contribution in [1.82, 2.24) is 24.4 Å². The Hall–Kier alpha value is -3.62. The molecule has 1 amide bonds. The zero-order valence-electron chi connectivity index (χ0n) is 29.4. The van der Waals surface area contributed by atoms with Crippen molar-refractivity contribution >= 4 is 47.9 Å². The molecule has 2 rings (SSSR count). The second kappa shape index (κ2) is 28.2. The second-order valence-corrected chi connectivity index (χ2v) is 11.1. The van der Waals surface area contributed by atoms with Gasteiger partial charge in [0.05, 0.1) is 32.4 Å². The number of carboxylic acids is 1. The van der Waals surface area contributed by atoms with Crippen molar-refractivity contribution in [3.8, 4) is 0 Å². The Morgan fingerprint density at radius 1 is 0.837 bits per heavy atom. The zero-order valence-corrected chi connectivity index (χ0v) is 32.5. The largest absolute Gasteiger partial charge is 1.00 e. The van der Waals surface area contributed by atoms with Crippen LogP contribution in [0.15, 0.2) is 37.4 Å². The number of rotatable bonds is 10. The Morgan fingerprint density at radius 3 is 1.67 bits per heavy atom. The number of Topliss-reactive ketones (excluding diaryl/α,β-unsaturated/α-hetero) is 2. The molecule has 0 aromatic carbocycles. The van der Waals surface area contributed by atoms with Gasteiger partial charge < -0.3 is 34.9 Å². The van der Waals surface area contributed by atoms with E-state index in [4.69, 9.17) is 14.6 Å². The minimum Gasteiger partial charge on any atom is -0.870 e. The Balaban J connectivity index is -0.000000277. The molecule has 0 saturated carbocycles. The fourth-order valence-corrected chi connectivity index (χ4v) is 2.58. The summed E-state index contributed by atoms with van der Waals surface area (Å²) in [4.78, 5) is 92.2. The molecule has 3 N–H and O–H groups in total. The first-order valence-electron chi connectivity index (χ1n) is 14.1. The van der Waals surface area contributed by atoms with Crippen LogP contribution in [0.5, 0.6) is 0 Å². The number of hydrogen-bond donors (Lipinski definition) is 2. The molecule has 18 nitrogen and oxygen atoms in total. The number of ether oxygens (including phenoxy) is 3. The van der Waals surface area contributed by atoms with Gasteiger partial charge in [0.1, 0.15) is 29.6 Å². The van der Waals surface area contributed by atoms with Crippen molar-refractivity contribution in [2.75, 3.05) is 13.2 Å². The first kappa shape index (κ1) is 52.2. The van der Waals surface area contributed by atoms with Crippen LogP contribution in [0, 0.1) is 0 Å². The second-order valence-electron chi connectivity index (χ2n) is 11.1. The molecule has 0 aliphatic rings. The molecule has 2 aromatic rings. The summed E-state index contributed by atoms with van der Waals surface area (Å²) in [5.41, 5.74) is -1.12. The topological polar surface area (TPSA) is 262 Å². The van der Waals surface area contributed by atoms with Gasteiger partial charge in [0.15, 0.2) is 5.78 Å². The van der Waals surface area contributed by atoms with Gasteiger partial charge in [0.2, 0.25) is 0 Å². The summed E-state index contributed by atoms with van der Waals surface area (Å²) in [6.45, 7) is 13.6. The van der Waals surface area contributed by atoms with E-state index in [0.717, 1.165) is 0 Å². The molecule has 0 unspecified atom stereocenters. The summed E-state index contributed by atoms with van der Waals surface area (Å²) in [7, 11) is 0. The quantitative estimate of drug-likeness (QED) is 0.105. The van der Waals surface area contributed by atoms with E-state index in [9.17, 15) is 38.4 Å². The predicted molar refractivity (Wildman–Crippen MR) is 167 cm³/mol. The fraction of sp³-hybridized carbons (Fsp3) is 0.533. The first-order chi connectivity index (χ1) is 21.7. The molecule has 0 spiro atoms. The predicted octanol–water partition coefficient (Wildman–Crippen LogP) is -0.275. The summed E-state index contributed by atoms with van der Waals surface area (Å²) in [6.07, 6.45) is 9.29. The summed E-state index contributed by atoms with van der Waals surface area (Å²) in [5.74, 6) is -2.51. The minimum absolute atomic E-state index is 0. The van der Waals surface area contributed by atoms with Crippen LogP contribution in [-0.2, 0) is 43.0 Å². The van der Waals surface area contributed by atoms with Crippen LogP contribution in [0.3, 0.4) is 0 Å². The van der Waals surface area contributed by atoms with E-state index in [2.05, 4.69) is 20.0 Å². The van der Waals surface area contributed by atoms with E-state index in [1.54, 1.807) is 73.3 Å². The molecule has 49 heavy (non-hydrogen) atoms. The van der Waals surface area contributed by atoms with Crippen LogP contribution in [0.1, 0.15) is 81.1 Å². The van der Waals surface area contributed by atoms with Crippen molar-refractivity contribution in [3.05, 3.63) is 37.4 Å². The number of carboxylic acid groups (broad SMARTS) is 1. The molecule has 0 atom stereocenters. The molecule has 2 aromatic heterocycles. The number of carbonyl (C=O) groups excluding carboxylic acids is 7. The molecule has 270 valence electrons. The van der Waals surface area contributed by atoms with Gasteiger partial charge in [-0.2, -0.15) is 0 Å². The van der Waals surface area contributed by atoms with Gasteiger partial charge in [-0.25, -0.2) is 19.6 Å². The third-order valence-corrected chi connectivity index (χ3v) is 4.21. The van der Waals surface area contributed by atoms with Gasteiger partial charge in [-0.1, -0.05) is 6.42 Å². The van der Waals surface area contributed by atoms with Crippen LogP contribution in [0.4, 0.5) is 9.59 Å². The number of nitrogens with one attached hydrogen (secondary N) is 1. The van der Waals surface area contributed by atoms with E-state index >= 15 is 0 Å². The summed E-state index contributed by atoms with van der Waals surface area (Å²) in [5, 5.41) is 10.5. The average Bonchev–Trinajstić information content (AvgIpc) is 3.65. The number of aliphatic carboxylic acids is 1. The van der Waals surface area contributed by atoms with Crippen molar-refractivity contribution in [3.63, 3.8) is 0 Å². The standard InChI is InChI=1S/C10H17NO4.C8H14O4.C7H6N4O.C5H7O3.K.H2O/c1-7(12)5-8(13)6-11-9(14)15-10(2,3)4;1-8(2,3)12-7(11)5-4-6(9)10;12-7(10-3-1-8-5-10)11-4-2-9-6-11;1-2-8-5(7)3-4-6;;/h5-6H2,1-4H3,(H,11,14);4-5H2,1-3H3,(H,9,10);1-6H;2-3H2,1H3;;1H2/q;;;-1;+1;/p-1. The molecule has 19 heteroatoms. The number of carbonyl (C=O) groups is 7. The molecule has 0 radical (unpaired) electrons. The number of hydrogen-bond acceptors (Lipinski definition) is 14. The van der Waals surface area contributed by atoms with Gasteiger partial charge in [-0.15, -0.1) is 0 Å². The van der Waals surface area contributed by atoms with Gasteiger partial charge in [-0.05, 0) is 55.4 Å². The number of amides is 1. The zero-order chi connectivity index (χ0) is 36.6. The molecule has 0 saturated heterocycles. The first-order valence-corrected chi connectivity index (χ1v) is 14.1. The molecule has 0 fully saturated rings. The maximum atomic E-state index is 11.4. The summed E-state index contributed by atoms with van der Waals surface area (Å²) < 4.78 is 16.9. The van der Waals surface area contributed by atoms with Crippen LogP contribution in [-0.4, -0.2) is 102 Å². The molecular weight excluding hydrogens is 677 g/mol. The number of aromatic nitrogens is 4. The number of esters is 2. The van der Waals surface area contributed by atoms with Gasteiger partial charge in [0, 0.05) is 24.8 Å². The van der Waals surface area contributed by atoms with Crippen LogP contribution in [0.2, 0.25) is 0 Å².